The molecule has 3 rings (SSSR count). The molecule has 128 valence electrons. The van der Waals surface area contributed by atoms with Crippen molar-refractivity contribution in [3.63, 3.8) is 0 Å². The van der Waals surface area contributed by atoms with Crippen molar-refractivity contribution in [2.24, 2.45) is 0 Å². The van der Waals surface area contributed by atoms with Crippen LogP contribution in [0.3, 0.4) is 0 Å². The molecule has 1 unspecified atom stereocenters. The van der Waals surface area contributed by atoms with Gasteiger partial charge in [-0.25, -0.2) is 14.8 Å². The van der Waals surface area contributed by atoms with E-state index in [1.54, 1.807) is 24.9 Å². The van der Waals surface area contributed by atoms with E-state index < -0.39 is 11.6 Å². The summed E-state index contributed by atoms with van der Waals surface area (Å²) in [6, 6.07) is 1.32. The zero-order chi connectivity index (χ0) is 17.5. The van der Waals surface area contributed by atoms with Gasteiger partial charge in [0.15, 0.2) is 0 Å². The Bertz CT molecular complexity index is 703. The number of carbonyl (C=O) groups is 3. The molecule has 4 amide bonds. The number of aromatic nitrogens is 2. The van der Waals surface area contributed by atoms with E-state index in [2.05, 4.69) is 15.3 Å². The zero-order valence-electron chi connectivity index (χ0n) is 14.1. The predicted molar refractivity (Wildman–Crippen MR) is 85.0 cm³/mol. The minimum Gasteiger partial charge on any atom is -0.340 e. The lowest BCUT2D eigenvalue weighted by Gasteiger charge is -2.20. The number of urea groups is 1. The standard InChI is InChI=1S/C16H21N5O3/c1-10-4-6-17-13(18-10)11-5-7-20(8-11)12(22)9-21-14(23)16(2,3)19-15(21)24/h4,6,11H,5,7-9H2,1-3H3,(H,19,24). The van der Waals surface area contributed by atoms with Gasteiger partial charge in [-0.15, -0.1) is 0 Å². The van der Waals surface area contributed by atoms with Crippen molar-refractivity contribution in [2.75, 3.05) is 19.6 Å². The van der Waals surface area contributed by atoms with Gasteiger partial charge in [0.05, 0.1) is 0 Å². The first-order chi connectivity index (χ1) is 11.3. The predicted octanol–water partition coefficient (Wildman–Crippen LogP) is 0.431. The maximum absolute atomic E-state index is 12.5. The molecule has 0 bridgehead atoms. The summed E-state index contributed by atoms with van der Waals surface area (Å²) >= 11 is 0. The van der Waals surface area contributed by atoms with Crippen LogP contribution in [0.15, 0.2) is 12.3 Å². The SMILES string of the molecule is Cc1ccnc(C2CCN(C(=O)CN3C(=O)NC(C)(C)C3=O)C2)n1. The Morgan fingerprint density at radius 2 is 2.17 bits per heavy atom. The fourth-order valence-corrected chi connectivity index (χ4v) is 3.06. The van der Waals surface area contributed by atoms with E-state index in [9.17, 15) is 14.4 Å². The number of rotatable bonds is 3. The van der Waals surface area contributed by atoms with Crippen molar-refractivity contribution in [1.29, 1.82) is 0 Å². The van der Waals surface area contributed by atoms with Crippen LogP contribution in [0.5, 0.6) is 0 Å². The maximum Gasteiger partial charge on any atom is 0.325 e. The molecule has 2 aliphatic heterocycles. The van der Waals surface area contributed by atoms with E-state index in [0.717, 1.165) is 22.8 Å². The molecule has 0 radical (unpaired) electrons. The number of nitrogens with zero attached hydrogens (tertiary/aromatic N) is 4. The molecule has 0 aromatic carbocycles. The first-order valence-electron chi connectivity index (χ1n) is 7.99. The quantitative estimate of drug-likeness (QED) is 0.811. The van der Waals surface area contributed by atoms with Crippen molar-refractivity contribution in [2.45, 2.75) is 38.6 Å². The average Bonchev–Trinajstić information content (AvgIpc) is 3.07. The molecule has 2 aliphatic rings. The van der Waals surface area contributed by atoms with Crippen molar-refractivity contribution >= 4 is 17.8 Å². The Hall–Kier alpha value is -2.51. The monoisotopic (exact) mass is 331 g/mol. The molecular formula is C16H21N5O3. The summed E-state index contributed by atoms with van der Waals surface area (Å²) in [4.78, 5) is 47.9. The van der Waals surface area contributed by atoms with E-state index in [0.29, 0.717) is 13.1 Å². The van der Waals surface area contributed by atoms with Crippen molar-refractivity contribution in [1.82, 2.24) is 25.1 Å². The highest BCUT2D eigenvalue weighted by molar-refractivity contribution is 6.08. The average molecular weight is 331 g/mol. The van der Waals surface area contributed by atoms with E-state index in [1.807, 2.05) is 13.0 Å². The van der Waals surface area contributed by atoms with Gasteiger partial charge in [-0.05, 0) is 33.3 Å². The molecule has 1 aromatic heterocycles. The van der Waals surface area contributed by atoms with E-state index in [4.69, 9.17) is 0 Å². The summed E-state index contributed by atoms with van der Waals surface area (Å²) in [6.45, 7) is 6.01. The van der Waals surface area contributed by atoms with Crippen molar-refractivity contribution < 1.29 is 14.4 Å². The molecule has 0 saturated carbocycles. The Balaban J connectivity index is 1.63. The molecule has 3 heterocycles. The van der Waals surface area contributed by atoms with Crippen LogP contribution in [0.25, 0.3) is 0 Å². The molecule has 8 nitrogen and oxygen atoms in total. The van der Waals surface area contributed by atoms with Crippen LogP contribution in [0.1, 0.15) is 37.7 Å². The molecule has 2 saturated heterocycles. The van der Waals surface area contributed by atoms with Crippen molar-refractivity contribution in [3.8, 4) is 0 Å². The van der Waals surface area contributed by atoms with Crippen LogP contribution < -0.4 is 5.32 Å². The van der Waals surface area contributed by atoms with Crippen LogP contribution >= 0.6 is 0 Å². The van der Waals surface area contributed by atoms with Gasteiger partial charge in [0.25, 0.3) is 5.91 Å². The Kier molecular flexibility index (Phi) is 3.98. The van der Waals surface area contributed by atoms with Gasteiger partial charge < -0.3 is 10.2 Å². The smallest absolute Gasteiger partial charge is 0.325 e. The fourth-order valence-electron chi connectivity index (χ4n) is 3.06. The van der Waals surface area contributed by atoms with E-state index >= 15 is 0 Å². The fraction of sp³-hybridized carbons (Fsp3) is 0.562. The lowest BCUT2D eigenvalue weighted by atomic mass is 10.1. The first kappa shape index (κ1) is 16.4. The summed E-state index contributed by atoms with van der Waals surface area (Å²) in [5.74, 6) is 0.222. The molecule has 1 atom stereocenters. The van der Waals surface area contributed by atoms with Gasteiger partial charge in [0.1, 0.15) is 17.9 Å². The van der Waals surface area contributed by atoms with Gasteiger partial charge in [-0.2, -0.15) is 0 Å². The second-order valence-electron chi connectivity index (χ2n) is 6.83. The lowest BCUT2D eigenvalue weighted by Crippen LogP contribution is -2.44. The summed E-state index contributed by atoms with van der Waals surface area (Å²) in [5.41, 5.74) is -0.0633. The highest BCUT2D eigenvalue weighted by Crippen LogP contribution is 2.25. The minimum atomic E-state index is -0.958. The summed E-state index contributed by atoms with van der Waals surface area (Å²) in [5, 5.41) is 2.58. The Labute approximate surface area is 140 Å². The van der Waals surface area contributed by atoms with Gasteiger partial charge >= 0.3 is 6.03 Å². The number of nitrogens with one attached hydrogen (secondary N) is 1. The van der Waals surface area contributed by atoms with Gasteiger partial charge in [0, 0.05) is 30.9 Å². The number of hydrogen-bond acceptors (Lipinski definition) is 5. The Morgan fingerprint density at radius 3 is 2.79 bits per heavy atom. The number of hydrogen-bond donors (Lipinski definition) is 1. The number of likely N-dealkylation sites (tertiary alicyclic amines) is 1. The highest BCUT2D eigenvalue weighted by atomic mass is 16.2. The summed E-state index contributed by atoms with van der Waals surface area (Å²) in [6.07, 6.45) is 2.50. The third kappa shape index (κ3) is 2.95. The second kappa shape index (κ2) is 5.85. The Morgan fingerprint density at radius 1 is 1.42 bits per heavy atom. The highest BCUT2D eigenvalue weighted by Gasteiger charge is 2.45. The number of imide groups is 1. The third-order valence-electron chi connectivity index (χ3n) is 4.46. The first-order valence-corrected chi connectivity index (χ1v) is 7.99. The maximum atomic E-state index is 12.5. The molecule has 1 aromatic rings. The molecule has 2 fully saturated rings. The van der Waals surface area contributed by atoms with Gasteiger partial charge in [-0.3, -0.25) is 14.5 Å². The van der Waals surface area contributed by atoms with E-state index in [-0.39, 0.29) is 24.3 Å². The molecule has 0 spiro atoms. The van der Waals surface area contributed by atoms with E-state index in [1.165, 1.54) is 0 Å². The molecule has 1 N–H and O–H groups in total. The molecule has 24 heavy (non-hydrogen) atoms. The van der Waals surface area contributed by atoms with Crippen molar-refractivity contribution in [3.05, 3.63) is 23.8 Å². The summed E-state index contributed by atoms with van der Waals surface area (Å²) < 4.78 is 0. The molecule has 0 aliphatic carbocycles. The molecule has 8 heteroatoms. The normalized spacial score (nSPS) is 22.9. The zero-order valence-corrected chi connectivity index (χ0v) is 14.1. The molecular weight excluding hydrogens is 310 g/mol. The van der Waals surface area contributed by atoms with Crippen LogP contribution in [0.4, 0.5) is 4.79 Å². The summed E-state index contributed by atoms with van der Waals surface area (Å²) in [7, 11) is 0. The van der Waals surface area contributed by atoms with Gasteiger partial charge in [0.2, 0.25) is 5.91 Å². The van der Waals surface area contributed by atoms with Gasteiger partial charge in [-0.1, -0.05) is 0 Å². The van der Waals surface area contributed by atoms with Crippen LogP contribution in [0.2, 0.25) is 0 Å². The minimum absolute atomic E-state index is 0.0911. The topological polar surface area (TPSA) is 95.5 Å². The van der Waals surface area contributed by atoms with Crippen LogP contribution in [-0.4, -0.2) is 62.8 Å². The number of amides is 4. The third-order valence-corrected chi connectivity index (χ3v) is 4.46. The van der Waals surface area contributed by atoms with Crippen LogP contribution in [0, 0.1) is 6.92 Å². The number of aryl methyl sites for hydroxylation is 1. The number of carbonyl (C=O) groups excluding carboxylic acids is 3. The lowest BCUT2D eigenvalue weighted by molar-refractivity contribution is -0.137. The second-order valence-corrected chi connectivity index (χ2v) is 6.83. The largest absolute Gasteiger partial charge is 0.340 e. The van der Waals surface area contributed by atoms with Crippen LogP contribution in [-0.2, 0) is 9.59 Å².